The molecule has 3 atom stereocenters. The SMILES string of the molecule is Cc1cc(Br)nc(-c2cnc(C3(O)CC[C@H](C(=O)O)C(C)C3)s2)c1. The Hall–Kier alpha value is -1.31. The van der Waals surface area contributed by atoms with Gasteiger partial charge < -0.3 is 10.2 Å². The molecular weight excluding hydrogens is 392 g/mol. The average molecular weight is 411 g/mol. The molecule has 2 aromatic heterocycles. The van der Waals surface area contributed by atoms with Gasteiger partial charge in [0.05, 0.1) is 16.5 Å². The molecule has 0 saturated heterocycles. The van der Waals surface area contributed by atoms with Gasteiger partial charge in [0.25, 0.3) is 0 Å². The van der Waals surface area contributed by atoms with Gasteiger partial charge in [0, 0.05) is 6.20 Å². The van der Waals surface area contributed by atoms with Crippen LogP contribution in [0.3, 0.4) is 0 Å². The predicted molar refractivity (Wildman–Crippen MR) is 95.8 cm³/mol. The Morgan fingerprint density at radius 3 is 2.83 bits per heavy atom. The minimum atomic E-state index is -1.05. The summed E-state index contributed by atoms with van der Waals surface area (Å²) >= 11 is 4.83. The van der Waals surface area contributed by atoms with Crippen molar-refractivity contribution < 1.29 is 15.0 Å². The number of carbonyl (C=O) groups is 1. The number of aryl methyl sites for hydroxylation is 1. The summed E-state index contributed by atoms with van der Waals surface area (Å²) in [6, 6.07) is 3.92. The number of aliphatic carboxylic acids is 1. The van der Waals surface area contributed by atoms with Crippen LogP contribution in [0.5, 0.6) is 0 Å². The van der Waals surface area contributed by atoms with Crippen LogP contribution in [0.25, 0.3) is 10.6 Å². The molecule has 1 aliphatic carbocycles. The molecule has 1 fully saturated rings. The van der Waals surface area contributed by atoms with E-state index < -0.39 is 11.6 Å². The van der Waals surface area contributed by atoms with Gasteiger partial charge in [-0.2, -0.15) is 0 Å². The molecule has 2 N–H and O–H groups in total. The number of halogens is 1. The first-order valence-corrected chi connectivity index (χ1v) is 9.45. The highest BCUT2D eigenvalue weighted by atomic mass is 79.9. The van der Waals surface area contributed by atoms with Crippen molar-refractivity contribution in [3.63, 3.8) is 0 Å². The monoisotopic (exact) mass is 410 g/mol. The number of nitrogens with zero attached hydrogens (tertiary/aromatic N) is 2. The van der Waals surface area contributed by atoms with Crippen LogP contribution in [0.2, 0.25) is 0 Å². The summed E-state index contributed by atoms with van der Waals surface area (Å²) in [6.07, 6.45) is 3.05. The maximum absolute atomic E-state index is 11.3. The summed E-state index contributed by atoms with van der Waals surface area (Å²) in [5, 5.41) is 20.9. The van der Waals surface area contributed by atoms with E-state index >= 15 is 0 Å². The van der Waals surface area contributed by atoms with Crippen molar-refractivity contribution in [3.05, 3.63) is 33.5 Å². The molecule has 24 heavy (non-hydrogen) atoms. The van der Waals surface area contributed by atoms with Crippen LogP contribution in [-0.4, -0.2) is 26.2 Å². The largest absolute Gasteiger partial charge is 0.481 e. The summed E-state index contributed by atoms with van der Waals surface area (Å²) in [7, 11) is 0. The number of hydrogen-bond acceptors (Lipinski definition) is 5. The zero-order valence-electron chi connectivity index (χ0n) is 13.5. The van der Waals surface area contributed by atoms with Gasteiger partial charge in [-0.15, -0.1) is 11.3 Å². The normalized spacial score (nSPS) is 27.2. The molecule has 128 valence electrons. The molecule has 0 amide bonds. The lowest BCUT2D eigenvalue weighted by atomic mass is 9.72. The molecule has 7 heteroatoms. The number of aliphatic hydroxyl groups is 1. The molecule has 0 radical (unpaired) electrons. The van der Waals surface area contributed by atoms with Crippen molar-refractivity contribution in [2.45, 2.75) is 38.7 Å². The molecule has 1 saturated carbocycles. The number of pyridine rings is 1. The highest BCUT2D eigenvalue weighted by molar-refractivity contribution is 9.10. The second kappa shape index (κ2) is 6.54. The molecular formula is C17H19BrN2O3S. The Morgan fingerprint density at radius 2 is 2.21 bits per heavy atom. The van der Waals surface area contributed by atoms with Crippen molar-refractivity contribution in [3.8, 4) is 10.6 Å². The van der Waals surface area contributed by atoms with Crippen LogP contribution in [-0.2, 0) is 10.4 Å². The van der Waals surface area contributed by atoms with E-state index in [4.69, 9.17) is 0 Å². The molecule has 3 rings (SSSR count). The van der Waals surface area contributed by atoms with E-state index in [2.05, 4.69) is 25.9 Å². The van der Waals surface area contributed by atoms with Gasteiger partial charge in [0.1, 0.15) is 15.2 Å². The van der Waals surface area contributed by atoms with E-state index in [1.807, 2.05) is 26.0 Å². The Labute approximate surface area is 152 Å². The standard InChI is InChI=1S/C17H19BrN2O3S/c1-9-5-12(20-14(18)6-9)13-8-19-16(24-13)17(23)4-3-11(15(21)22)10(2)7-17/h5-6,8,10-11,23H,3-4,7H2,1-2H3,(H,21,22)/t10?,11-,17?/m0/s1. The fourth-order valence-corrected chi connectivity index (χ4v) is 4.93. The van der Waals surface area contributed by atoms with Crippen LogP contribution >= 0.6 is 27.3 Å². The number of rotatable bonds is 3. The van der Waals surface area contributed by atoms with Crippen LogP contribution in [0, 0.1) is 18.8 Å². The summed E-state index contributed by atoms with van der Waals surface area (Å²) in [5.41, 5.74) is 0.868. The molecule has 0 aliphatic heterocycles. The molecule has 0 spiro atoms. The highest BCUT2D eigenvalue weighted by Crippen LogP contribution is 2.45. The topological polar surface area (TPSA) is 83.3 Å². The zero-order valence-corrected chi connectivity index (χ0v) is 15.9. The smallest absolute Gasteiger partial charge is 0.306 e. The molecule has 0 aromatic carbocycles. The van der Waals surface area contributed by atoms with Crippen molar-refractivity contribution in [2.24, 2.45) is 11.8 Å². The lowest BCUT2D eigenvalue weighted by Crippen LogP contribution is -2.38. The van der Waals surface area contributed by atoms with E-state index in [-0.39, 0.29) is 11.8 Å². The summed E-state index contributed by atoms with van der Waals surface area (Å²) < 4.78 is 0.766. The Morgan fingerprint density at radius 1 is 1.46 bits per heavy atom. The first-order valence-electron chi connectivity index (χ1n) is 7.84. The molecule has 2 unspecified atom stereocenters. The van der Waals surface area contributed by atoms with Gasteiger partial charge in [0.15, 0.2) is 0 Å². The summed E-state index contributed by atoms with van der Waals surface area (Å²) in [4.78, 5) is 21.0. The Balaban J connectivity index is 1.86. The number of carboxylic acids is 1. The van der Waals surface area contributed by atoms with Gasteiger partial charge >= 0.3 is 5.97 Å². The number of aromatic nitrogens is 2. The maximum atomic E-state index is 11.3. The number of carboxylic acid groups (broad SMARTS) is 1. The summed E-state index contributed by atoms with van der Waals surface area (Å²) in [6.45, 7) is 3.89. The lowest BCUT2D eigenvalue weighted by Gasteiger charge is -2.37. The first-order chi connectivity index (χ1) is 11.3. The van der Waals surface area contributed by atoms with E-state index in [1.54, 1.807) is 6.20 Å². The maximum Gasteiger partial charge on any atom is 0.306 e. The third-order valence-electron chi connectivity index (χ3n) is 4.63. The third kappa shape index (κ3) is 3.38. The van der Waals surface area contributed by atoms with Gasteiger partial charge in [-0.25, -0.2) is 9.97 Å². The fourth-order valence-electron chi connectivity index (χ4n) is 3.38. The zero-order chi connectivity index (χ0) is 17.5. The van der Waals surface area contributed by atoms with Gasteiger partial charge in [-0.05, 0) is 65.7 Å². The second-order valence-corrected chi connectivity index (χ2v) is 8.42. The minimum absolute atomic E-state index is 0.0835. The van der Waals surface area contributed by atoms with Crippen LogP contribution in [0.15, 0.2) is 22.9 Å². The van der Waals surface area contributed by atoms with Gasteiger partial charge in [-0.3, -0.25) is 4.79 Å². The van der Waals surface area contributed by atoms with Crippen LogP contribution in [0.1, 0.15) is 36.8 Å². The lowest BCUT2D eigenvalue weighted by molar-refractivity contribution is -0.148. The van der Waals surface area contributed by atoms with Crippen molar-refractivity contribution in [1.29, 1.82) is 0 Å². The molecule has 5 nitrogen and oxygen atoms in total. The van der Waals surface area contributed by atoms with E-state index in [9.17, 15) is 15.0 Å². The molecule has 0 bridgehead atoms. The predicted octanol–water partition coefficient (Wildman–Crippen LogP) is 3.98. The summed E-state index contributed by atoms with van der Waals surface area (Å²) in [5.74, 6) is -1.25. The highest BCUT2D eigenvalue weighted by Gasteiger charge is 2.43. The fraction of sp³-hybridized carbons (Fsp3) is 0.471. The van der Waals surface area contributed by atoms with Gasteiger partial charge in [0.2, 0.25) is 0 Å². The van der Waals surface area contributed by atoms with Crippen molar-refractivity contribution in [2.75, 3.05) is 0 Å². The minimum Gasteiger partial charge on any atom is -0.481 e. The second-order valence-electron chi connectivity index (χ2n) is 6.58. The van der Waals surface area contributed by atoms with Gasteiger partial charge in [-0.1, -0.05) is 6.92 Å². The average Bonchev–Trinajstić information content (AvgIpc) is 2.96. The Kier molecular flexibility index (Phi) is 4.77. The molecule has 2 heterocycles. The molecule has 1 aliphatic rings. The number of thiazole rings is 1. The van der Waals surface area contributed by atoms with E-state index in [0.717, 1.165) is 20.7 Å². The van der Waals surface area contributed by atoms with Crippen molar-refractivity contribution in [1.82, 2.24) is 9.97 Å². The van der Waals surface area contributed by atoms with E-state index in [0.29, 0.717) is 24.3 Å². The van der Waals surface area contributed by atoms with Crippen LogP contribution in [0.4, 0.5) is 0 Å². The number of hydrogen-bond donors (Lipinski definition) is 2. The molecule has 2 aromatic rings. The van der Waals surface area contributed by atoms with Crippen LogP contribution < -0.4 is 0 Å². The van der Waals surface area contributed by atoms with E-state index in [1.165, 1.54) is 11.3 Å². The quantitative estimate of drug-likeness (QED) is 0.747. The third-order valence-corrected chi connectivity index (χ3v) is 6.25. The van der Waals surface area contributed by atoms with Crippen molar-refractivity contribution >= 4 is 33.2 Å². The first kappa shape index (κ1) is 17.5. The Bertz CT molecular complexity index is 759.